The standard InChI is InChI=1S/C13H24BrN4O5P/c1-8(2)22-24(19,23-9(3)4)7-20-5-6-21-12-10(14)11(15)17-13(16)18-12/h8-9H,5-7H2,1-4H3,(H4,15,16,17,18). The lowest BCUT2D eigenvalue weighted by Gasteiger charge is -2.22. The molecule has 0 unspecified atom stereocenters. The molecular weight excluding hydrogens is 403 g/mol. The summed E-state index contributed by atoms with van der Waals surface area (Å²) in [5, 5.41) is 0. The fourth-order valence-corrected chi connectivity index (χ4v) is 3.76. The monoisotopic (exact) mass is 426 g/mol. The van der Waals surface area contributed by atoms with E-state index in [1.807, 2.05) is 0 Å². The second kappa shape index (κ2) is 9.53. The molecule has 0 spiro atoms. The van der Waals surface area contributed by atoms with Crippen LogP contribution in [0.3, 0.4) is 0 Å². The molecule has 1 heterocycles. The van der Waals surface area contributed by atoms with E-state index in [1.54, 1.807) is 27.7 Å². The summed E-state index contributed by atoms with van der Waals surface area (Å²) in [6, 6.07) is 0. The van der Waals surface area contributed by atoms with E-state index in [0.717, 1.165) is 0 Å². The zero-order valence-corrected chi connectivity index (χ0v) is 16.7. The van der Waals surface area contributed by atoms with Crippen molar-refractivity contribution in [3.8, 4) is 5.88 Å². The van der Waals surface area contributed by atoms with E-state index < -0.39 is 7.60 Å². The van der Waals surface area contributed by atoms with Crippen molar-refractivity contribution in [3.63, 3.8) is 0 Å². The number of halogens is 1. The molecule has 0 saturated carbocycles. The SMILES string of the molecule is CC(C)OP(=O)(COCCOc1nc(N)nc(N)c1Br)OC(C)C. The highest BCUT2D eigenvalue weighted by molar-refractivity contribution is 9.10. The van der Waals surface area contributed by atoms with Crippen LogP contribution in [0.4, 0.5) is 11.8 Å². The number of nitrogen functional groups attached to an aromatic ring is 2. The number of aromatic nitrogens is 2. The molecule has 0 amide bonds. The smallest absolute Gasteiger partial charge is 0.356 e. The number of ether oxygens (including phenoxy) is 2. The third-order valence-corrected chi connectivity index (χ3v) is 5.05. The second-order valence-electron chi connectivity index (χ2n) is 5.39. The van der Waals surface area contributed by atoms with Crippen LogP contribution in [0.15, 0.2) is 4.47 Å². The molecule has 1 aromatic heterocycles. The van der Waals surface area contributed by atoms with E-state index >= 15 is 0 Å². The van der Waals surface area contributed by atoms with Crippen molar-refractivity contribution >= 4 is 35.3 Å². The van der Waals surface area contributed by atoms with E-state index in [4.69, 9.17) is 30.0 Å². The zero-order chi connectivity index (χ0) is 18.3. The van der Waals surface area contributed by atoms with Gasteiger partial charge >= 0.3 is 7.60 Å². The molecule has 0 aliphatic rings. The van der Waals surface area contributed by atoms with Crippen molar-refractivity contribution in [1.82, 2.24) is 9.97 Å². The van der Waals surface area contributed by atoms with Crippen molar-refractivity contribution in [2.75, 3.05) is 31.0 Å². The third-order valence-electron chi connectivity index (χ3n) is 2.32. The maximum atomic E-state index is 12.5. The van der Waals surface area contributed by atoms with Gasteiger partial charge in [-0.25, -0.2) is 0 Å². The zero-order valence-electron chi connectivity index (χ0n) is 14.2. The Morgan fingerprint density at radius 1 is 1.08 bits per heavy atom. The first-order valence-corrected chi connectivity index (χ1v) is 9.90. The van der Waals surface area contributed by atoms with Crippen LogP contribution in [0.5, 0.6) is 5.88 Å². The summed E-state index contributed by atoms with van der Waals surface area (Å²) in [5.74, 6) is 0.397. The van der Waals surface area contributed by atoms with Crippen molar-refractivity contribution in [1.29, 1.82) is 0 Å². The van der Waals surface area contributed by atoms with Gasteiger partial charge in [-0.2, -0.15) is 9.97 Å². The van der Waals surface area contributed by atoms with E-state index in [0.29, 0.717) is 4.47 Å². The van der Waals surface area contributed by atoms with Gasteiger partial charge in [0.1, 0.15) is 23.2 Å². The third kappa shape index (κ3) is 7.31. The summed E-state index contributed by atoms with van der Waals surface area (Å²) in [7, 11) is -3.32. The highest BCUT2D eigenvalue weighted by Crippen LogP contribution is 2.50. The fraction of sp³-hybridized carbons (Fsp3) is 0.692. The van der Waals surface area contributed by atoms with E-state index in [1.165, 1.54) is 0 Å². The Labute approximate surface area is 150 Å². The minimum absolute atomic E-state index is 0.00628. The number of hydrogen-bond acceptors (Lipinski definition) is 9. The molecule has 138 valence electrons. The van der Waals surface area contributed by atoms with Gasteiger partial charge in [0.15, 0.2) is 0 Å². The first kappa shape index (κ1) is 21.1. The minimum atomic E-state index is -3.32. The van der Waals surface area contributed by atoms with Gasteiger partial charge in [0.25, 0.3) is 0 Å². The molecule has 1 aromatic rings. The van der Waals surface area contributed by atoms with Crippen molar-refractivity contribution < 1.29 is 23.1 Å². The van der Waals surface area contributed by atoms with Gasteiger partial charge in [-0.3, -0.25) is 4.57 Å². The predicted octanol–water partition coefficient (Wildman–Crippen LogP) is 2.80. The lowest BCUT2D eigenvalue weighted by molar-refractivity contribution is 0.0843. The summed E-state index contributed by atoms with van der Waals surface area (Å²) in [6.45, 7) is 7.42. The Kier molecular flexibility index (Phi) is 8.38. The molecule has 0 fully saturated rings. The van der Waals surface area contributed by atoms with Gasteiger partial charge in [0, 0.05) is 0 Å². The Bertz CT molecular complexity index is 574. The van der Waals surface area contributed by atoms with Crippen LogP contribution < -0.4 is 16.2 Å². The molecule has 11 heteroatoms. The topological polar surface area (TPSA) is 132 Å². The van der Waals surface area contributed by atoms with Crippen LogP contribution in [0, 0.1) is 0 Å². The molecule has 1 rings (SSSR count). The molecule has 0 radical (unpaired) electrons. The Hall–Kier alpha value is -0.930. The summed E-state index contributed by atoms with van der Waals surface area (Å²) >= 11 is 3.21. The number of nitrogens with two attached hydrogens (primary N) is 2. The van der Waals surface area contributed by atoms with Gasteiger partial charge in [-0.05, 0) is 43.6 Å². The van der Waals surface area contributed by atoms with E-state index in [2.05, 4.69) is 25.9 Å². The lowest BCUT2D eigenvalue weighted by atomic mass is 10.5. The number of rotatable bonds is 10. The average molecular weight is 427 g/mol. The van der Waals surface area contributed by atoms with Crippen LogP contribution in [0.2, 0.25) is 0 Å². The molecule has 0 aliphatic heterocycles. The second-order valence-corrected chi connectivity index (χ2v) is 8.09. The first-order chi connectivity index (χ1) is 11.1. The summed E-state index contributed by atoms with van der Waals surface area (Å²) in [4.78, 5) is 7.70. The molecule has 0 saturated heterocycles. The highest BCUT2D eigenvalue weighted by atomic mass is 79.9. The normalized spacial score (nSPS) is 12.1. The number of anilines is 2. The summed E-state index contributed by atoms with van der Waals surface area (Å²) in [5.41, 5.74) is 11.1. The highest BCUT2D eigenvalue weighted by Gasteiger charge is 2.28. The molecule has 0 aliphatic carbocycles. The Morgan fingerprint density at radius 2 is 1.67 bits per heavy atom. The van der Waals surface area contributed by atoms with Crippen molar-refractivity contribution in [2.45, 2.75) is 39.9 Å². The van der Waals surface area contributed by atoms with Crippen LogP contribution in [0.1, 0.15) is 27.7 Å². The number of nitrogens with zero attached hydrogens (tertiary/aromatic N) is 2. The van der Waals surface area contributed by atoms with Crippen LogP contribution in [-0.4, -0.2) is 41.7 Å². The predicted molar refractivity (Wildman–Crippen MR) is 94.9 cm³/mol. The quantitative estimate of drug-likeness (QED) is 0.427. The molecule has 0 atom stereocenters. The van der Waals surface area contributed by atoms with Gasteiger partial charge in [0.2, 0.25) is 11.8 Å². The molecule has 0 bridgehead atoms. The van der Waals surface area contributed by atoms with Gasteiger partial charge in [-0.15, -0.1) is 0 Å². The van der Waals surface area contributed by atoms with Gasteiger partial charge < -0.3 is 30.0 Å². The minimum Gasteiger partial charge on any atom is -0.474 e. The average Bonchev–Trinajstić information content (AvgIpc) is 2.41. The Balaban J connectivity index is 2.48. The number of hydrogen-bond donors (Lipinski definition) is 2. The molecule has 24 heavy (non-hydrogen) atoms. The maximum Gasteiger partial charge on any atom is 0.356 e. The van der Waals surface area contributed by atoms with Gasteiger partial charge in [-0.1, -0.05) is 0 Å². The van der Waals surface area contributed by atoms with Crippen LogP contribution in [-0.2, 0) is 18.3 Å². The molecular formula is C13H24BrN4O5P. The van der Waals surface area contributed by atoms with Crippen molar-refractivity contribution in [2.24, 2.45) is 0 Å². The molecule has 9 nitrogen and oxygen atoms in total. The lowest BCUT2D eigenvalue weighted by Crippen LogP contribution is -2.14. The summed E-state index contributed by atoms with van der Waals surface area (Å²) < 4.78 is 34.5. The Morgan fingerprint density at radius 3 is 2.21 bits per heavy atom. The van der Waals surface area contributed by atoms with Crippen molar-refractivity contribution in [3.05, 3.63) is 4.47 Å². The van der Waals surface area contributed by atoms with Gasteiger partial charge in [0.05, 0.1) is 18.8 Å². The van der Waals surface area contributed by atoms with E-state index in [-0.39, 0.29) is 49.4 Å². The molecule has 4 N–H and O–H groups in total. The maximum absolute atomic E-state index is 12.5. The molecule has 0 aromatic carbocycles. The van der Waals surface area contributed by atoms with Crippen LogP contribution in [0.25, 0.3) is 0 Å². The van der Waals surface area contributed by atoms with Crippen LogP contribution >= 0.6 is 23.5 Å². The summed E-state index contributed by atoms with van der Waals surface area (Å²) in [6.07, 6.45) is -0.642. The van der Waals surface area contributed by atoms with E-state index in [9.17, 15) is 4.57 Å². The first-order valence-electron chi connectivity index (χ1n) is 7.38. The fourth-order valence-electron chi connectivity index (χ4n) is 1.66. The largest absolute Gasteiger partial charge is 0.474 e.